The monoisotopic (exact) mass is 491 g/mol. The van der Waals surface area contributed by atoms with E-state index >= 15 is 0 Å². The SMILES string of the molecule is O=C(CSc1nnc(Cc2cccs2)n1C1CCCCC1)Nc1ccc(Cl)cc1[N+](=O)[O-]. The van der Waals surface area contributed by atoms with Gasteiger partial charge in [0.05, 0.1) is 10.7 Å². The van der Waals surface area contributed by atoms with Gasteiger partial charge in [0.1, 0.15) is 11.5 Å². The molecule has 8 nitrogen and oxygen atoms in total. The molecule has 1 amide bonds. The van der Waals surface area contributed by atoms with E-state index in [1.165, 1.54) is 54.1 Å². The fourth-order valence-corrected chi connectivity index (χ4v) is 5.57. The normalized spacial score (nSPS) is 14.4. The number of nitro benzene ring substituents is 1. The second-order valence-electron chi connectivity index (χ2n) is 7.57. The molecule has 0 unspecified atom stereocenters. The molecule has 0 radical (unpaired) electrons. The van der Waals surface area contributed by atoms with Crippen LogP contribution in [0.5, 0.6) is 0 Å². The summed E-state index contributed by atoms with van der Waals surface area (Å²) < 4.78 is 2.20. The lowest BCUT2D eigenvalue weighted by Gasteiger charge is -2.25. The van der Waals surface area contributed by atoms with Crippen molar-refractivity contribution in [1.82, 2.24) is 14.8 Å². The third kappa shape index (κ3) is 5.48. The third-order valence-corrected chi connectivity index (χ3v) is 7.40. The number of nitrogens with zero attached hydrogens (tertiary/aromatic N) is 4. The van der Waals surface area contributed by atoms with Crippen LogP contribution in [0.1, 0.15) is 48.8 Å². The smallest absolute Gasteiger partial charge is 0.294 e. The fourth-order valence-electron chi connectivity index (χ4n) is 3.88. The van der Waals surface area contributed by atoms with Gasteiger partial charge in [0.15, 0.2) is 5.16 Å². The Hall–Kier alpha value is -2.43. The minimum atomic E-state index is -0.564. The van der Waals surface area contributed by atoms with Crippen molar-refractivity contribution in [3.63, 3.8) is 0 Å². The zero-order chi connectivity index (χ0) is 22.5. The number of nitrogens with one attached hydrogen (secondary N) is 1. The van der Waals surface area contributed by atoms with Gasteiger partial charge in [-0.3, -0.25) is 14.9 Å². The van der Waals surface area contributed by atoms with Crippen molar-refractivity contribution >= 4 is 52.0 Å². The molecule has 32 heavy (non-hydrogen) atoms. The minimum absolute atomic E-state index is 0.0731. The Morgan fingerprint density at radius 1 is 1.28 bits per heavy atom. The molecule has 0 saturated heterocycles. The largest absolute Gasteiger partial charge is 0.320 e. The second kappa shape index (κ2) is 10.5. The number of aromatic nitrogens is 3. The van der Waals surface area contributed by atoms with Gasteiger partial charge < -0.3 is 9.88 Å². The lowest BCUT2D eigenvalue weighted by Crippen LogP contribution is -2.18. The van der Waals surface area contributed by atoms with Crippen LogP contribution in [0.2, 0.25) is 5.02 Å². The number of halogens is 1. The van der Waals surface area contributed by atoms with Crippen molar-refractivity contribution in [2.75, 3.05) is 11.1 Å². The molecule has 2 heterocycles. The Balaban J connectivity index is 1.48. The number of anilines is 1. The molecular weight excluding hydrogens is 470 g/mol. The van der Waals surface area contributed by atoms with E-state index in [9.17, 15) is 14.9 Å². The quantitative estimate of drug-likeness (QED) is 0.245. The molecule has 0 aliphatic heterocycles. The molecule has 1 aliphatic carbocycles. The van der Waals surface area contributed by atoms with E-state index in [2.05, 4.69) is 26.1 Å². The highest BCUT2D eigenvalue weighted by molar-refractivity contribution is 7.99. The molecule has 4 rings (SSSR count). The second-order valence-corrected chi connectivity index (χ2v) is 9.98. The molecule has 1 N–H and O–H groups in total. The predicted molar refractivity (Wildman–Crippen MR) is 127 cm³/mol. The molecule has 11 heteroatoms. The lowest BCUT2D eigenvalue weighted by atomic mass is 9.95. The zero-order valence-electron chi connectivity index (χ0n) is 17.2. The molecular formula is C21H22ClN5O3S2. The Labute approximate surface area is 198 Å². The fraction of sp³-hybridized carbons (Fsp3) is 0.381. The van der Waals surface area contributed by atoms with Crippen LogP contribution in [0.25, 0.3) is 0 Å². The average molecular weight is 492 g/mol. The zero-order valence-corrected chi connectivity index (χ0v) is 19.6. The molecule has 0 bridgehead atoms. The van der Waals surface area contributed by atoms with Crippen LogP contribution in [0.3, 0.4) is 0 Å². The van der Waals surface area contributed by atoms with Crippen molar-refractivity contribution in [3.05, 3.63) is 61.6 Å². The predicted octanol–water partition coefficient (Wildman–Crippen LogP) is 5.73. The number of hydrogen-bond donors (Lipinski definition) is 1. The summed E-state index contributed by atoms with van der Waals surface area (Å²) in [6.45, 7) is 0. The first-order valence-electron chi connectivity index (χ1n) is 10.3. The number of nitro groups is 1. The summed E-state index contributed by atoms with van der Waals surface area (Å²) in [5, 5.41) is 25.7. The van der Waals surface area contributed by atoms with Gasteiger partial charge in [-0.1, -0.05) is 48.7 Å². The first kappa shape index (κ1) is 22.8. The van der Waals surface area contributed by atoms with Gasteiger partial charge in [-0.15, -0.1) is 21.5 Å². The highest BCUT2D eigenvalue weighted by atomic mass is 35.5. The number of thiophene rings is 1. The van der Waals surface area contributed by atoms with E-state index in [0.29, 0.717) is 17.6 Å². The van der Waals surface area contributed by atoms with Gasteiger partial charge in [0, 0.05) is 28.4 Å². The Kier molecular flexibility index (Phi) is 7.44. The minimum Gasteiger partial charge on any atom is -0.320 e. The van der Waals surface area contributed by atoms with E-state index in [1.807, 2.05) is 11.4 Å². The molecule has 1 fully saturated rings. The van der Waals surface area contributed by atoms with Crippen LogP contribution in [-0.4, -0.2) is 31.3 Å². The van der Waals surface area contributed by atoms with Crippen LogP contribution >= 0.6 is 34.7 Å². The molecule has 0 atom stereocenters. The van der Waals surface area contributed by atoms with Crippen LogP contribution in [0, 0.1) is 10.1 Å². The first-order valence-corrected chi connectivity index (χ1v) is 12.6. The van der Waals surface area contributed by atoms with Crippen molar-refractivity contribution in [3.8, 4) is 0 Å². The maximum atomic E-state index is 12.6. The number of benzene rings is 1. The van der Waals surface area contributed by atoms with Gasteiger partial charge in [-0.2, -0.15) is 0 Å². The molecule has 1 aliphatic rings. The molecule has 2 aromatic heterocycles. The standard InChI is InChI=1S/C21H22ClN5O3S2/c22-14-8-9-17(18(11-14)27(29)30)23-20(28)13-32-21-25-24-19(12-16-7-4-10-31-16)26(21)15-5-2-1-3-6-15/h4,7-11,15H,1-3,5-6,12-13H2,(H,23,28). The topological polar surface area (TPSA) is 103 Å². The summed E-state index contributed by atoms with van der Waals surface area (Å²) in [5.41, 5.74) is -0.114. The number of amides is 1. The van der Waals surface area contributed by atoms with Crippen LogP contribution < -0.4 is 5.32 Å². The van der Waals surface area contributed by atoms with Gasteiger partial charge in [0.2, 0.25) is 5.91 Å². The van der Waals surface area contributed by atoms with Crippen LogP contribution in [0.4, 0.5) is 11.4 Å². The third-order valence-electron chi connectivity index (χ3n) is 5.35. The summed E-state index contributed by atoms with van der Waals surface area (Å²) in [6, 6.07) is 8.61. The lowest BCUT2D eigenvalue weighted by molar-refractivity contribution is -0.383. The van der Waals surface area contributed by atoms with Crippen molar-refractivity contribution in [2.24, 2.45) is 0 Å². The van der Waals surface area contributed by atoms with Crippen LogP contribution in [0.15, 0.2) is 40.9 Å². The number of hydrogen-bond acceptors (Lipinski definition) is 7. The summed E-state index contributed by atoms with van der Waals surface area (Å²) in [6.07, 6.45) is 6.45. The Bertz CT molecular complexity index is 1100. The maximum absolute atomic E-state index is 12.6. The molecule has 1 aromatic carbocycles. The molecule has 1 saturated carbocycles. The van der Waals surface area contributed by atoms with Gasteiger partial charge in [-0.25, -0.2) is 0 Å². The van der Waals surface area contributed by atoms with E-state index in [4.69, 9.17) is 11.6 Å². The van der Waals surface area contributed by atoms with Gasteiger partial charge in [-0.05, 0) is 36.4 Å². The first-order chi connectivity index (χ1) is 15.5. The highest BCUT2D eigenvalue weighted by Gasteiger charge is 2.24. The van der Waals surface area contributed by atoms with E-state index in [0.717, 1.165) is 18.7 Å². The number of rotatable bonds is 8. The summed E-state index contributed by atoms with van der Waals surface area (Å²) >= 11 is 8.84. The molecule has 0 spiro atoms. The summed E-state index contributed by atoms with van der Waals surface area (Å²) in [7, 11) is 0. The summed E-state index contributed by atoms with van der Waals surface area (Å²) in [4.78, 5) is 24.5. The van der Waals surface area contributed by atoms with E-state index < -0.39 is 4.92 Å². The van der Waals surface area contributed by atoms with E-state index in [1.54, 1.807) is 11.3 Å². The molecule has 168 valence electrons. The Morgan fingerprint density at radius 2 is 2.09 bits per heavy atom. The summed E-state index contributed by atoms with van der Waals surface area (Å²) in [5.74, 6) is 0.637. The van der Waals surface area contributed by atoms with Crippen molar-refractivity contribution in [2.45, 2.75) is 49.7 Å². The van der Waals surface area contributed by atoms with Gasteiger partial charge >= 0.3 is 0 Å². The van der Waals surface area contributed by atoms with E-state index in [-0.39, 0.29) is 28.1 Å². The number of thioether (sulfide) groups is 1. The maximum Gasteiger partial charge on any atom is 0.294 e. The van der Waals surface area contributed by atoms with Crippen molar-refractivity contribution < 1.29 is 9.72 Å². The van der Waals surface area contributed by atoms with Crippen molar-refractivity contribution in [1.29, 1.82) is 0 Å². The van der Waals surface area contributed by atoms with Gasteiger partial charge in [0.25, 0.3) is 5.69 Å². The number of carbonyl (C=O) groups is 1. The Morgan fingerprint density at radius 3 is 2.81 bits per heavy atom. The molecule has 3 aromatic rings. The average Bonchev–Trinajstić information content (AvgIpc) is 3.44. The number of carbonyl (C=O) groups excluding carboxylic acids is 1. The van der Waals surface area contributed by atoms with Crippen LogP contribution in [-0.2, 0) is 11.2 Å². The highest BCUT2D eigenvalue weighted by Crippen LogP contribution is 2.34.